The highest BCUT2D eigenvalue weighted by atomic mass is 32.2. The van der Waals surface area contributed by atoms with Crippen LogP contribution in [0.25, 0.3) is 0 Å². The lowest BCUT2D eigenvalue weighted by molar-refractivity contribution is -0.0174. The molecule has 0 aromatic heterocycles. The van der Waals surface area contributed by atoms with Crippen molar-refractivity contribution in [3.05, 3.63) is 0 Å². The summed E-state index contributed by atoms with van der Waals surface area (Å²) in [6, 6.07) is 0. The molecule has 0 fully saturated rings. The van der Waals surface area contributed by atoms with Crippen LogP contribution in [0.4, 0.5) is 0 Å². The molecule has 0 rings (SSSR count). The van der Waals surface area contributed by atoms with Crippen molar-refractivity contribution in [1.82, 2.24) is 0 Å². The fourth-order valence-electron chi connectivity index (χ4n) is 1.30. The minimum Gasteiger partial charge on any atom is -0.376 e. The van der Waals surface area contributed by atoms with Gasteiger partial charge >= 0.3 is 0 Å². The van der Waals surface area contributed by atoms with Gasteiger partial charge in [0.1, 0.15) is 0 Å². The van der Waals surface area contributed by atoms with E-state index >= 15 is 0 Å². The van der Waals surface area contributed by atoms with Gasteiger partial charge in [0.2, 0.25) is 0 Å². The normalized spacial score (nSPS) is 13.1. The molecule has 0 aliphatic heterocycles. The summed E-state index contributed by atoms with van der Waals surface area (Å²) in [6.45, 7) is 6.54. The average molecular weight is 224 g/mol. The van der Waals surface area contributed by atoms with E-state index in [-0.39, 0.29) is 11.4 Å². The number of hydrogen-bond acceptors (Lipinski definition) is 3. The lowest BCUT2D eigenvalue weighted by Gasteiger charge is -2.24. The minimum absolute atomic E-state index is 0.158. The molecule has 0 spiro atoms. The second kappa shape index (κ2) is 5.68. The molecule has 4 nitrogen and oxygen atoms in total. The van der Waals surface area contributed by atoms with Gasteiger partial charge in [0.05, 0.1) is 11.4 Å². The summed E-state index contributed by atoms with van der Waals surface area (Å²) in [5, 5.41) is 0. The van der Waals surface area contributed by atoms with E-state index in [1.165, 1.54) is 0 Å². The molecular formula is C9H20O4S. The molecule has 0 saturated heterocycles. The van der Waals surface area contributed by atoms with Crippen molar-refractivity contribution in [2.75, 3.05) is 12.4 Å². The summed E-state index contributed by atoms with van der Waals surface area (Å²) in [4.78, 5) is 0. The van der Waals surface area contributed by atoms with E-state index in [4.69, 9.17) is 9.29 Å². The Morgan fingerprint density at radius 2 is 1.86 bits per heavy atom. The molecule has 86 valence electrons. The van der Waals surface area contributed by atoms with Crippen molar-refractivity contribution >= 4 is 10.1 Å². The number of ether oxygens (including phenoxy) is 1. The first-order valence-corrected chi connectivity index (χ1v) is 6.47. The first-order valence-electron chi connectivity index (χ1n) is 4.86. The Hall–Kier alpha value is -0.130. The fraction of sp³-hybridized carbons (Fsp3) is 1.00. The molecule has 1 N–H and O–H groups in total. The zero-order chi connectivity index (χ0) is 11.2. The third kappa shape index (κ3) is 8.47. The van der Waals surface area contributed by atoms with Crippen LogP contribution in [-0.4, -0.2) is 30.9 Å². The standard InChI is InChI=1S/C9H20O4S/c1-4-13-9(2,3)7-5-6-8-14(10,11)12/h4-8H2,1-3H3,(H,10,11,12). The predicted molar refractivity (Wildman–Crippen MR) is 56.0 cm³/mol. The molecule has 0 saturated carbocycles. The number of rotatable bonds is 7. The van der Waals surface area contributed by atoms with E-state index in [0.717, 1.165) is 12.8 Å². The molecule has 0 aromatic rings. The molecule has 0 aromatic carbocycles. The molecular weight excluding hydrogens is 204 g/mol. The molecule has 0 amide bonds. The monoisotopic (exact) mass is 224 g/mol. The van der Waals surface area contributed by atoms with Gasteiger partial charge in [-0.25, -0.2) is 0 Å². The van der Waals surface area contributed by atoms with Gasteiger partial charge in [-0.1, -0.05) is 0 Å². The van der Waals surface area contributed by atoms with E-state index in [0.29, 0.717) is 13.0 Å². The fourth-order valence-corrected chi connectivity index (χ4v) is 1.87. The molecule has 0 aliphatic rings. The topological polar surface area (TPSA) is 63.6 Å². The SMILES string of the molecule is CCOC(C)(C)CCCCS(=O)(=O)O. The van der Waals surface area contributed by atoms with Gasteiger partial charge in [-0.3, -0.25) is 4.55 Å². The quantitative estimate of drug-likeness (QED) is 0.529. The lowest BCUT2D eigenvalue weighted by Crippen LogP contribution is -2.24. The Labute approximate surface area is 86.4 Å². The maximum absolute atomic E-state index is 10.4. The summed E-state index contributed by atoms with van der Waals surface area (Å²) in [7, 11) is -3.79. The smallest absolute Gasteiger partial charge is 0.264 e. The molecule has 14 heavy (non-hydrogen) atoms. The largest absolute Gasteiger partial charge is 0.376 e. The van der Waals surface area contributed by atoms with E-state index in [1.807, 2.05) is 20.8 Å². The molecule has 0 unspecified atom stereocenters. The second-order valence-electron chi connectivity index (χ2n) is 3.94. The summed E-state index contributed by atoms with van der Waals surface area (Å²) < 4.78 is 34.8. The maximum atomic E-state index is 10.4. The number of unbranched alkanes of at least 4 members (excludes halogenated alkanes) is 1. The van der Waals surface area contributed by atoms with Crippen LogP contribution in [0.5, 0.6) is 0 Å². The van der Waals surface area contributed by atoms with Crippen molar-refractivity contribution in [1.29, 1.82) is 0 Å². The maximum Gasteiger partial charge on any atom is 0.264 e. The summed E-state index contributed by atoms with van der Waals surface area (Å²) in [5.41, 5.74) is -0.200. The Morgan fingerprint density at radius 1 is 1.29 bits per heavy atom. The van der Waals surface area contributed by atoms with Crippen LogP contribution in [0, 0.1) is 0 Å². The summed E-state index contributed by atoms with van der Waals surface area (Å²) in [6.07, 6.45) is 2.03. The molecule has 0 radical (unpaired) electrons. The first-order chi connectivity index (χ1) is 6.27. The zero-order valence-electron chi connectivity index (χ0n) is 9.12. The van der Waals surface area contributed by atoms with Gasteiger partial charge in [0.15, 0.2) is 0 Å². The highest BCUT2D eigenvalue weighted by Gasteiger charge is 2.17. The Bertz CT molecular complexity index is 244. The third-order valence-electron chi connectivity index (χ3n) is 1.97. The summed E-state index contributed by atoms with van der Waals surface area (Å²) >= 11 is 0. The number of hydrogen-bond donors (Lipinski definition) is 1. The molecule has 0 heterocycles. The molecule has 0 atom stereocenters. The van der Waals surface area contributed by atoms with Crippen molar-refractivity contribution in [3.63, 3.8) is 0 Å². The Balaban J connectivity index is 3.64. The average Bonchev–Trinajstić information content (AvgIpc) is 1.96. The van der Waals surface area contributed by atoms with Crippen LogP contribution in [0.15, 0.2) is 0 Å². The van der Waals surface area contributed by atoms with Gasteiger partial charge in [-0.05, 0) is 40.0 Å². The second-order valence-corrected chi connectivity index (χ2v) is 5.51. The van der Waals surface area contributed by atoms with E-state index < -0.39 is 10.1 Å². The van der Waals surface area contributed by atoms with Crippen LogP contribution >= 0.6 is 0 Å². The van der Waals surface area contributed by atoms with E-state index in [2.05, 4.69) is 0 Å². The van der Waals surface area contributed by atoms with Gasteiger partial charge in [0, 0.05) is 6.61 Å². The first kappa shape index (κ1) is 13.9. The van der Waals surface area contributed by atoms with E-state index in [1.54, 1.807) is 0 Å². The van der Waals surface area contributed by atoms with Gasteiger partial charge in [-0.2, -0.15) is 8.42 Å². The van der Waals surface area contributed by atoms with Crippen molar-refractivity contribution in [2.24, 2.45) is 0 Å². The van der Waals surface area contributed by atoms with Gasteiger partial charge < -0.3 is 4.74 Å². The molecule has 5 heteroatoms. The van der Waals surface area contributed by atoms with Crippen LogP contribution in [-0.2, 0) is 14.9 Å². The van der Waals surface area contributed by atoms with Crippen molar-refractivity contribution < 1.29 is 17.7 Å². The summed E-state index contributed by atoms with van der Waals surface area (Å²) in [5.74, 6) is -0.158. The molecule has 0 aliphatic carbocycles. The lowest BCUT2D eigenvalue weighted by atomic mass is 10.0. The van der Waals surface area contributed by atoms with Crippen LogP contribution < -0.4 is 0 Å². The van der Waals surface area contributed by atoms with Crippen molar-refractivity contribution in [2.45, 2.75) is 45.6 Å². The van der Waals surface area contributed by atoms with Gasteiger partial charge in [0.25, 0.3) is 10.1 Å². The zero-order valence-corrected chi connectivity index (χ0v) is 9.93. The minimum atomic E-state index is -3.79. The Morgan fingerprint density at radius 3 is 2.29 bits per heavy atom. The third-order valence-corrected chi connectivity index (χ3v) is 2.77. The van der Waals surface area contributed by atoms with Crippen LogP contribution in [0.3, 0.4) is 0 Å². The van der Waals surface area contributed by atoms with E-state index in [9.17, 15) is 8.42 Å². The highest BCUT2D eigenvalue weighted by Crippen LogP contribution is 2.17. The van der Waals surface area contributed by atoms with Gasteiger partial charge in [-0.15, -0.1) is 0 Å². The van der Waals surface area contributed by atoms with Crippen molar-refractivity contribution in [3.8, 4) is 0 Å². The highest BCUT2D eigenvalue weighted by molar-refractivity contribution is 7.85. The van der Waals surface area contributed by atoms with Crippen LogP contribution in [0.2, 0.25) is 0 Å². The predicted octanol–water partition coefficient (Wildman–Crippen LogP) is 1.86. The Kier molecular flexibility index (Phi) is 5.63. The van der Waals surface area contributed by atoms with Crippen LogP contribution in [0.1, 0.15) is 40.0 Å². The molecule has 0 bridgehead atoms.